The number of rotatable bonds is 8. The van der Waals surface area contributed by atoms with Gasteiger partial charge in [-0.25, -0.2) is 0 Å². The van der Waals surface area contributed by atoms with Crippen molar-refractivity contribution in [2.45, 2.75) is 25.6 Å². The van der Waals surface area contributed by atoms with Crippen molar-refractivity contribution in [2.24, 2.45) is 0 Å². The van der Waals surface area contributed by atoms with Gasteiger partial charge >= 0.3 is 0 Å². The summed E-state index contributed by atoms with van der Waals surface area (Å²) < 4.78 is 16.3. The number of nitrogens with one attached hydrogen (secondary N) is 1. The lowest BCUT2D eigenvalue weighted by atomic mass is 10.0. The Bertz CT molecular complexity index is 598. The standard InChI is InChI=1S/C19H25NO3/c1-14(20-13-16-7-5-6-8-18(16)22-3)19(23-4)15-9-11-17(21-2)12-10-15/h5-12,14,19-20H,13H2,1-4H3/t14-,19-/m0/s1. The lowest BCUT2D eigenvalue weighted by molar-refractivity contribution is 0.0728. The second-order valence-electron chi connectivity index (χ2n) is 5.41. The molecule has 0 aliphatic carbocycles. The Balaban J connectivity index is 2.03. The van der Waals surface area contributed by atoms with Crippen molar-refractivity contribution in [2.75, 3.05) is 21.3 Å². The summed E-state index contributed by atoms with van der Waals surface area (Å²) in [7, 11) is 5.09. The molecule has 23 heavy (non-hydrogen) atoms. The number of benzene rings is 2. The van der Waals surface area contributed by atoms with Crippen LogP contribution in [0.3, 0.4) is 0 Å². The highest BCUT2D eigenvalue weighted by Crippen LogP contribution is 2.24. The van der Waals surface area contributed by atoms with Crippen molar-refractivity contribution >= 4 is 0 Å². The summed E-state index contributed by atoms with van der Waals surface area (Å²) in [5.74, 6) is 1.74. The average molecular weight is 315 g/mol. The summed E-state index contributed by atoms with van der Waals surface area (Å²) >= 11 is 0. The van der Waals surface area contributed by atoms with Gasteiger partial charge in [-0.1, -0.05) is 30.3 Å². The summed E-state index contributed by atoms with van der Waals surface area (Å²) in [5, 5.41) is 3.52. The van der Waals surface area contributed by atoms with Crippen molar-refractivity contribution in [1.29, 1.82) is 0 Å². The molecule has 2 rings (SSSR count). The molecule has 4 heteroatoms. The van der Waals surface area contributed by atoms with E-state index in [0.717, 1.165) is 29.2 Å². The number of hydrogen-bond acceptors (Lipinski definition) is 4. The van der Waals surface area contributed by atoms with Crippen LogP contribution >= 0.6 is 0 Å². The summed E-state index contributed by atoms with van der Waals surface area (Å²) in [6.07, 6.45) is -0.0318. The van der Waals surface area contributed by atoms with Crippen LogP contribution in [0.4, 0.5) is 0 Å². The average Bonchev–Trinajstić information content (AvgIpc) is 2.61. The molecule has 1 N–H and O–H groups in total. The van der Waals surface area contributed by atoms with E-state index in [1.807, 2.05) is 42.5 Å². The highest BCUT2D eigenvalue weighted by molar-refractivity contribution is 5.33. The number of methoxy groups -OCH3 is 3. The molecule has 124 valence electrons. The van der Waals surface area contributed by atoms with Crippen LogP contribution in [0.25, 0.3) is 0 Å². The van der Waals surface area contributed by atoms with Crippen molar-refractivity contribution in [3.63, 3.8) is 0 Å². The Morgan fingerprint density at radius 3 is 2.22 bits per heavy atom. The molecule has 0 aromatic heterocycles. The van der Waals surface area contributed by atoms with Gasteiger partial charge in [-0.2, -0.15) is 0 Å². The molecule has 0 saturated heterocycles. The van der Waals surface area contributed by atoms with Crippen LogP contribution in [0.2, 0.25) is 0 Å². The zero-order valence-corrected chi connectivity index (χ0v) is 14.2. The maximum atomic E-state index is 5.68. The van der Waals surface area contributed by atoms with Gasteiger partial charge in [0.25, 0.3) is 0 Å². The lowest BCUT2D eigenvalue weighted by Crippen LogP contribution is -2.32. The molecule has 0 fully saturated rings. The van der Waals surface area contributed by atoms with Crippen LogP contribution in [-0.2, 0) is 11.3 Å². The number of hydrogen-bond donors (Lipinski definition) is 1. The second kappa shape index (κ2) is 8.56. The Morgan fingerprint density at radius 2 is 1.61 bits per heavy atom. The predicted octanol–water partition coefficient (Wildman–Crippen LogP) is 3.57. The Labute approximate surface area is 138 Å². The van der Waals surface area contributed by atoms with E-state index in [0.29, 0.717) is 0 Å². The maximum Gasteiger partial charge on any atom is 0.123 e. The molecular weight excluding hydrogens is 290 g/mol. The summed E-state index contributed by atoms with van der Waals surface area (Å²) in [6.45, 7) is 2.84. The molecule has 0 radical (unpaired) electrons. The van der Waals surface area contributed by atoms with Gasteiger partial charge in [-0.15, -0.1) is 0 Å². The lowest BCUT2D eigenvalue weighted by Gasteiger charge is -2.25. The fraction of sp³-hybridized carbons (Fsp3) is 0.368. The van der Waals surface area contributed by atoms with Gasteiger partial charge in [0.1, 0.15) is 11.5 Å². The zero-order chi connectivity index (χ0) is 16.7. The monoisotopic (exact) mass is 315 g/mol. The Hall–Kier alpha value is -2.04. The van der Waals surface area contributed by atoms with E-state index in [4.69, 9.17) is 14.2 Å². The van der Waals surface area contributed by atoms with E-state index in [-0.39, 0.29) is 12.1 Å². The SMILES string of the molecule is COc1ccc([C@@H](OC)[C@H](C)NCc2ccccc2OC)cc1. The minimum absolute atomic E-state index is 0.0318. The van der Waals surface area contributed by atoms with Crippen LogP contribution in [0.1, 0.15) is 24.2 Å². The van der Waals surface area contributed by atoms with Gasteiger partial charge in [0.15, 0.2) is 0 Å². The first-order valence-electron chi connectivity index (χ1n) is 7.71. The van der Waals surface area contributed by atoms with Crippen LogP contribution in [-0.4, -0.2) is 27.4 Å². The van der Waals surface area contributed by atoms with Crippen LogP contribution in [0.5, 0.6) is 11.5 Å². The van der Waals surface area contributed by atoms with Gasteiger partial charge in [-0.05, 0) is 30.7 Å². The molecule has 0 spiro atoms. The predicted molar refractivity (Wildman–Crippen MR) is 92.0 cm³/mol. The van der Waals surface area contributed by atoms with E-state index in [2.05, 4.69) is 18.3 Å². The van der Waals surface area contributed by atoms with Gasteiger partial charge in [0, 0.05) is 25.3 Å². The first-order chi connectivity index (χ1) is 11.2. The Morgan fingerprint density at radius 1 is 0.913 bits per heavy atom. The number of ether oxygens (including phenoxy) is 3. The molecular formula is C19H25NO3. The van der Waals surface area contributed by atoms with E-state index in [9.17, 15) is 0 Å². The molecule has 4 nitrogen and oxygen atoms in total. The van der Waals surface area contributed by atoms with Gasteiger partial charge < -0.3 is 19.5 Å². The van der Waals surface area contributed by atoms with E-state index >= 15 is 0 Å². The molecule has 0 aliphatic rings. The van der Waals surface area contributed by atoms with E-state index in [1.54, 1.807) is 21.3 Å². The van der Waals surface area contributed by atoms with Gasteiger partial charge in [0.2, 0.25) is 0 Å². The van der Waals surface area contributed by atoms with Crippen LogP contribution < -0.4 is 14.8 Å². The van der Waals surface area contributed by atoms with E-state index < -0.39 is 0 Å². The topological polar surface area (TPSA) is 39.7 Å². The van der Waals surface area contributed by atoms with Crippen molar-refractivity contribution in [3.05, 3.63) is 59.7 Å². The summed E-state index contributed by atoms with van der Waals surface area (Å²) in [5.41, 5.74) is 2.25. The summed E-state index contributed by atoms with van der Waals surface area (Å²) in [4.78, 5) is 0. The van der Waals surface area contributed by atoms with Gasteiger partial charge in [-0.3, -0.25) is 0 Å². The Kier molecular flexibility index (Phi) is 6.44. The summed E-state index contributed by atoms with van der Waals surface area (Å²) in [6, 6.07) is 16.2. The fourth-order valence-electron chi connectivity index (χ4n) is 2.65. The molecule has 0 amide bonds. The fourth-order valence-corrected chi connectivity index (χ4v) is 2.65. The quantitative estimate of drug-likeness (QED) is 0.808. The normalized spacial score (nSPS) is 13.4. The molecule has 0 saturated carbocycles. The van der Waals surface area contributed by atoms with Crippen molar-refractivity contribution < 1.29 is 14.2 Å². The van der Waals surface area contributed by atoms with Crippen LogP contribution in [0.15, 0.2) is 48.5 Å². The van der Waals surface area contributed by atoms with Crippen molar-refractivity contribution in [1.82, 2.24) is 5.32 Å². The molecule has 0 heterocycles. The third-order valence-electron chi connectivity index (χ3n) is 3.96. The smallest absolute Gasteiger partial charge is 0.123 e. The molecule has 2 aromatic rings. The molecule has 2 aromatic carbocycles. The largest absolute Gasteiger partial charge is 0.497 e. The molecule has 2 atom stereocenters. The van der Waals surface area contributed by atoms with Crippen molar-refractivity contribution in [3.8, 4) is 11.5 Å². The van der Waals surface area contributed by atoms with Gasteiger partial charge in [0.05, 0.1) is 20.3 Å². The maximum absolute atomic E-state index is 5.68. The zero-order valence-electron chi connectivity index (χ0n) is 14.2. The highest BCUT2D eigenvalue weighted by atomic mass is 16.5. The molecule has 0 bridgehead atoms. The third-order valence-corrected chi connectivity index (χ3v) is 3.96. The minimum atomic E-state index is -0.0318. The van der Waals surface area contributed by atoms with Crippen LogP contribution in [0, 0.1) is 0 Å². The third kappa shape index (κ3) is 4.47. The molecule has 0 unspecified atom stereocenters. The molecule has 0 aliphatic heterocycles. The highest BCUT2D eigenvalue weighted by Gasteiger charge is 2.19. The van der Waals surface area contributed by atoms with E-state index in [1.165, 1.54) is 0 Å². The minimum Gasteiger partial charge on any atom is -0.497 e. The number of para-hydroxylation sites is 1. The first kappa shape index (κ1) is 17.3. The first-order valence-corrected chi connectivity index (χ1v) is 7.71. The second-order valence-corrected chi connectivity index (χ2v) is 5.41.